The molecule has 2 fully saturated rings. The maximum Gasteiger partial charge on any atom is 0.335 e. The summed E-state index contributed by atoms with van der Waals surface area (Å²) >= 11 is 0. The van der Waals surface area contributed by atoms with Crippen molar-refractivity contribution < 1.29 is 24.9 Å². The lowest BCUT2D eigenvalue weighted by Gasteiger charge is -2.61. The summed E-state index contributed by atoms with van der Waals surface area (Å²) in [5.41, 5.74) is 0.571. The highest BCUT2D eigenvalue weighted by molar-refractivity contribution is 5.95. The van der Waals surface area contributed by atoms with E-state index in [1.807, 2.05) is 6.92 Å². The van der Waals surface area contributed by atoms with Crippen LogP contribution in [0.25, 0.3) is 0 Å². The van der Waals surface area contributed by atoms with E-state index in [0.29, 0.717) is 29.9 Å². The van der Waals surface area contributed by atoms with E-state index in [0.717, 1.165) is 19.3 Å². The van der Waals surface area contributed by atoms with Crippen LogP contribution in [0.4, 0.5) is 0 Å². The summed E-state index contributed by atoms with van der Waals surface area (Å²) in [7, 11) is 0. The van der Waals surface area contributed by atoms with Gasteiger partial charge in [0.15, 0.2) is 0 Å². The zero-order valence-electron chi connectivity index (χ0n) is 18.2. The predicted octanol–water partition coefficient (Wildman–Crippen LogP) is 4.93. The predicted molar refractivity (Wildman–Crippen MR) is 111 cm³/mol. The molecule has 2 saturated carbocycles. The Kier molecular flexibility index (Phi) is 5.36. The number of hydrogen-bond acceptors (Lipinski definition) is 3. The highest BCUT2D eigenvalue weighted by atomic mass is 16.4. The number of carboxylic acids is 2. The molecule has 4 atom stereocenters. The lowest BCUT2D eigenvalue weighted by molar-refractivity contribution is -0.166. The van der Waals surface area contributed by atoms with Crippen molar-refractivity contribution in [1.82, 2.24) is 0 Å². The third kappa shape index (κ3) is 3.70. The number of carbonyl (C=O) groups is 2. The Morgan fingerprint density at radius 3 is 2.28 bits per heavy atom. The van der Waals surface area contributed by atoms with Crippen LogP contribution in [0.2, 0.25) is 0 Å². The van der Waals surface area contributed by atoms with Crippen molar-refractivity contribution in [1.29, 1.82) is 0 Å². The van der Waals surface area contributed by atoms with Crippen LogP contribution >= 0.6 is 0 Å². The first kappa shape index (κ1) is 21.8. The number of fused-ring (bicyclic) bond motifs is 1. The fraction of sp³-hybridized carbons (Fsp3) is 0.667. The van der Waals surface area contributed by atoms with Crippen LogP contribution in [0.3, 0.4) is 0 Å². The number of benzene rings is 1. The summed E-state index contributed by atoms with van der Waals surface area (Å²) in [6, 6.07) is 2.81. The van der Waals surface area contributed by atoms with Crippen molar-refractivity contribution in [2.75, 3.05) is 0 Å². The standard InChI is InChI=1S/C24H34O5/c1-14-11-15(20(25)26)12-17(21(27)28)16(14)13-19-23(4)9-6-8-22(2,3)18(23)7-10-24(19,5)29/h11-12,18-19,29H,6-10,13H2,1-5H3,(H,25,26)(H,27,28). The molecule has 0 heterocycles. The minimum Gasteiger partial charge on any atom is -0.478 e. The fourth-order valence-electron chi connectivity index (χ4n) is 6.68. The summed E-state index contributed by atoms with van der Waals surface area (Å²) in [5, 5.41) is 30.5. The Morgan fingerprint density at radius 1 is 1.03 bits per heavy atom. The molecule has 4 unspecified atom stereocenters. The van der Waals surface area contributed by atoms with E-state index in [1.165, 1.54) is 12.5 Å². The second-order valence-electron chi connectivity index (χ2n) is 10.5. The Hall–Kier alpha value is -1.88. The van der Waals surface area contributed by atoms with Gasteiger partial charge in [-0.3, -0.25) is 0 Å². The molecule has 5 nitrogen and oxygen atoms in total. The molecule has 0 aromatic heterocycles. The molecule has 3 rings (SSSR count). The second-order valence-corrected chi connectivity index (χ2v) is 10.5. The van der Waals surface area contributed by atoms with Gasteiger partial charge in [-0.05, 0) is 91.9 Å². The van der Waals surface area contributed by atoms with Gasteiger partial charge in [0, 0.05) is 0 Å². The van der Waals surface area contributed by atoms with Crippen LogP contribution in [0.5, 0.6) is 0 Å². The van der Waals surface area contributed by atoms with Crippen LogP contribution in [-0.2, 0) is 6.42 Å². The van der Waals surface area contributed by atoms with Crippen molar-refractivity contribution in [3.05, 3.63) is 34.4 Å². The van der Waals surface area contributed by atoms with E-state index in [2.05, 4.69) is 20.8 Å². The number of hydrogen-bond donors (Lipinski definition) is 3. The van der Waals surface area contributed by atoms with Crippen LogP contribution < -0.4 is 0 Å². The minimum absolute atomic E-state index is 0.0121. The van der Waals surface area contributed by atoms with Crippen molar-refractivity contribution in [2.45, 2.75) is 78.7 Å². The molecule has 0 spiro atoms. The number of aliphatic hydroxyl groups is 1. The van der Waals surface area contributed by atoms with Crippen LogP contribution in [-0.4, -0.2) is 32.9 Å². The van der Waals surface area contributed by atoms with Gasteiger partial charge in [-0.1, -0.05) is 27.2 Å². The molecular formula is C24H34O5. The van der Waals surface area contributed by atoms with Gasteiger partial charge in [0.25, 0.3) is 0 Å². The average molecular weight is 403 g/mol. The number of aryl methyl sites for hydroxylation is 1. The van der Waals surface area contributed by atoms with Crippen molar-refractivity contribution >= 4 is 11.9 Å². The summed E-state index contributed by atoms with van der Waals surface area (Å²) < 4.78 is 0. The third-order valence-corrected chi connectivity index (χ3v) is 8.12. The van der Waals surface area contributed by atoms with E-state index < -0.39 is 17.5 Å². The largest absolute Gasteiger partial charge is 0.478 e. The third-order valence-electron chi connectivity index (χ3n) is 8.12. The normalized spacial score (nSPS) is 33.7. The molecule has 0 amide bonds. The highest BCUT2D eigenvalue weighted by Gasteiger charge is 2.57. The van der Waals surface area contributed by atoms with Crippen molar-refractivity contribution in [3.8, 4) is 0 Å². The summed E-state index contributed by atoms with van der Waals surface area (Å²) in [6.45, 7) is 10.6. The van der Waals surface area contributed by atoms with E-state index in [1.54, 1.807) is 13.0 Å². The number of carboxylic acid groups (broad SMARTS) is 2. The monoisotopic (exact) mass is 402 g/mol. The van der Waals surface area contributed by atoms with Crippen LogP contribution in [0.1, 0.15) is 91.6 Å². The van der Waals surface area contributed by atoms with Crippen molar-refractivity contribution in [2.24, 2.45) is 22.7 Å². The molecule has 2 aliphatic carbocycles. The first-order chi connectivity index (χ1) is 13.3. The van der Waals surface area contributed by atoms with Gasteiger partial charge in [0.1, 0.15) is 0 Å². The molecule has 1 aromatic rings. The fourth-order valence-corrected chi connectivity index (χ4v) is 6.68. The van der Waals surface area contributed by atoms with Gasteiger partial charge < -0.3 is 15.3 Å². The van der Waals surface area contributed by atoms with Gasteiger partial charge >= 0.3 is 11.9 Å². The SMILES string of the molecule is Cc1cc(C(=O)O)cc(C(=O)O)c1CC1C(C)(O)CCC2C(C)(C)CCCC21C. The summed E-state index contributed by atoms with van der Waals surface area (Å²) in [6.07, 6.45) is 5.44. The van der Waals surface area contributed by atoms with Crippen molar-refractivity contribution in [3.63, 3.8) is 0 Å². The number of rotatable bonds is 4. The molecular weight excluding hydrogens is 368 g/mol. The zero-order valence-corrected chi connectivity index (χ0v) is 18.2. The summed E-state index contributed by atoms with van der Waals surface area (Å²) in [5.74, 6) is -1.86. The quantitative estimate of drug-likeness (QED) is 0.664. The molecule has 3 N–H and O–H groups in total. The zero-order chi connectivity index (χ0) is 21.8. The van der Waals surface area contributed by atoms with Gasteiger partial charge in [0.05, 0.1) is 16.7 Å². The second kappa shape index (κ2) is 7.12. The molecule has 0 aliphatic heterocycles. The minimum atomic E-state index is -1.13. The Morgan fingerprint density at radius 2 is 1.69 bits per heavy atom. The Bertz CT molecular complexity index is 838. The molecule has 0 bridgehead atoms. The lowest BCUT2D eigenvalue weighted by atomic mass is 9.45. The van der Waals surface area contributed by atoms with E-state index in [9.17, 15) is 24.9 Å². The Balaban J connectivity index is 2.10. The van der Waals surface area contributed by atoms with Crippen LogP contribution in [0, 0.1) is 29.6 Å². The van der Waals surface area contributed by atoms with E-state index in [-0.39, 0.29) is 27.9 Å². The molecule has 1 aromatic carbocycles. The molecule has 0 radical (unpaired) electrons. The van der Waals surface area contributed by atoms with Gasteiger partial charge in [0.2, 0.25) is 0 Å². The maximum atomic E-state index is 12.0. The van der Waals surface area contributed by atoms with E-state index in [4.69, 9.17) is 0 Å². The molecule has 5 heteroatoms. The molecule has 160 valence electrons. The lowest BCUT2D eigenvalue weighted by Crippen LogP contribution is -2.58. The van der Waals surface area contributed by atoms with Crippen LogP contribution in [0.15, 0.2) is 12.1 Å². The first-order valence-electron chi connectivity index (χ1n) is 10.6. The van der Waals surface area contributed by atoms with Gasteiger partial charge in [-0.2, -0.15) is 0 Å². The smallest absolute Gasteiger partial charge is 0.335 e. The van der Waals surface area contributed by atoms with Gasteiger partial charge in [-0.15, -0.1) is 0 Å². The first-order valence-corrected chi connectivity index (χ1v) is 10.6. The number of aromatic carboxylic acids is 2. The molecule has 2 aliphatic rings. The average Bonchev–Trinajstić information content (AvgIpc) is 2.57. The van der Waals surface area contributed by atoms with Gasteiger partial charge in [-0.25, -0.2) is 9.59 Å². The maximum absolute atomic E-state index is 12.0. The Labute approximate surface area is 173 Å². The van der Waals surface area contributed by atoms with E-state index >= 15 is 0 Å². The molecule has 29 heavy (non-hydrogen) atoms. The highest BCUT2D eigenvalue weighted by Crippen LogP contribution is 2.62. The molecule has 0 saturated heterocycles. The summed E-state index contributed by atoms with van der Waals surface area (Å²) in [4.78, 5) is 23.4. The topological polar surface area (TPSA) is 94.8 Å².